The van der Waals surface area contributed by atoms with Gasteiger partial charge in [-0.1, -0.05) is 102 Å². The normalized spacial score (nSPS) is 17.5. The van der Waals surface area contributed by atoms with Crippen LogP contribution in [0, 0.1) is 24.7 Å². The highest BCUT2D eigenvalue weighted by molar-refractivity contribution is 7.13. The van der Waals surface area contributed by atoms with Crippen molar-refractivity contribution >= 4 is 64.7 Å². The number of aliphatic hydroxyl groups excluding tert-OH is 1. The molecule has 3 aliphatic rings. The smallest absolute Gasteiger partial charge is 0.251 e. The molecule has 4 N–H and O–H groups in total. The van der Waals surface area contributed by atoms with Crippen LogP contribution in [0.1, 0.15) is 134 Å². The maximum absolute atomic E-state index is 12.9. The highest BCUT2D eigenvalue weighted by Crippen LogP contribution is 2.44. The lowest BCUT2D eigenvalue weighted by molar-refractivity contribution is -0.133. The summed E-state index contributed by atoms with van der Waals surface area (Å²) in [5.74, 6) is 1.38. The summed E-state index contributed by atoms with van der Waals surface area (Å²) in [7, 11) is 0. The van der Waals surface area contributed by atoms with E-state index in [4.69, 9.17) is 30.6 Å². The summed E-state index contributed by atoms with van der Waals surface area (Å²) in [5.41, 5.74) is 11.2. The van der Waals surface area contributed by atoms with Crippen molar-refractivity contribution in [3.63, 3.8) is 0 Å². The number of rotatable bonds is 24. The molecule has 5 atom stereocenters. The minimum Gasteiger partial charge on any atom is -0.391 e. The molecule has 4 amide bonds. The number of unbranched alkanes of at least 4 members (excludes halogenated alkanes) is 1. The van der Waals surface area contributed by atoms with Crippen molar-refractivity contribution in [2.24, 2.45) is 17.8 Å². The number of carbonyl (C=O) groups is 5. The van der Waals surface area contributed by atoms with E-state index in [1.165, 1.54) is 35.3 Å². The summed E-state index contributed by atoms with van der Waals surface area (Å²) < 4.78 is 16.8. The van der Waals surface area contributed by atoms with Crippen LogP contribution < -0.4 is 20.9 Å². The summed E-state index contributed by atoms with van der Waals surface area (Å²) >= 11 is 7.83. The molecule has 1 saturated carbocycles. The number of carbonyl (C=O) groups excluding carboxylic acids is 5. The van der Waals surface area contributed by atoms with Crippen LogP contribution in [-0.2, 0) is 39.8 Å². The van der Waals surface area contributed by atoms with Gasteiger partial charge in [0.25, 0.3) is 5.91 Å². The van der Waals surface area contributed by atoms with Gasteiger partial charge in [0.2, 0.25) is 17.7 Å². The zero-order valence-corrected chi connectivity index (χ0v) is 51.6. The first kappa shape index (κ1) is 68.5. The molecule has 0 bridgehead atoms. The first-order chi connectivity index (χ1) is 39.6. The predicted octanol–water partition coefficient (Wildman–Crippen LogP) is 12.2. The Labute approximate surface area is 497 Å². The van der Waals surface area contributed by atoms with E-state index in [9.17, 15) is 24.3 Å². The number of hydrogen-bond acceptors (Lipinski definition) is 12. The third-order valence-corrected chi connectivity index (χ3v) is 15.1. The molecule has 1 aromatic heterocycles. The maximum Gasteiger partial charge on any atom is 0.251 e. The van der Waals surface area contributed by atoms with Crippen LogP contribution in [0.4, 0.5) is 11.4 Å². The van der Waals surface area contributed by atoms with E-state index >= 15 is 0 Å². The van der Waals surface area contributed by atoms with Crippen molar-refractivity contribution in [3.05, 3.63) is 124 Å². The second-order valence-electron chi connectivity index (χ2n) is 21.3. The molecule has 448 valence electrons. The van der Waals surface area contributed by atoms with E-state index in [0.717, 1.165) is 65.4 Å². The fourth-order valence-electron chi connectivity index (χ4n) is 9.62. The number of aryl methyl sites for hydroxylation is 2. The van der Waals surface area contributed by atoms with Crippen LogP contribution in [0.3, 0.4) is 0 Å². The molecule has 15 nitrogen and oxygen atoms in total. The fourth-order valence-corrected chi connectivity index (χ4v) is 10.6. The van der Waals surface area contributed by atoms with E-state index in [1.54, 1.807) is 23.2 Å². The Morgan fingerprint density at radius 3 is 2.04 bits per heavy atom. The number of hydrogen-bond donors (Lipinski definition) is 4. The topological polar surface area (TPSA) is 189 Å². The van der Waals surface area contributed by atoms with Crippen molar-refractivity contribution in [1.82, 2.24) is 20.5 Å². The Hall–Kier alpha value is -6.01. The fraction of sp³-hybridized carbons (Fsp3) is 0.508. The number of benzene rings is 4. The number of aromatic nitrogens is 1. The third-order valence-electron chi connectivity index (χ3n) is 13.9. The minimum absolute atomic E-state index is 0.00404. The van der Waals surface area contributed by atoms with Gasteiger partial charge >= 0.3 is 0 Å². The monoisotopic (exact) mass is 1170 g/mol. The van der Waals surface area contributed by atoms with Crippen molar-refractivity contribution in [1.29, 1.82) is 0 Å². The molecule has 2 fully saturated rings. The van der Waals surface area contributed by atoms with E-state index in [2.05, 4.69) is 92.8 Å². The van der Waals surface area contributed by atoms with Gasteiger partial charge in [0.05, 0.1) is 54.6 Å². The Balaban J connectivity index is 0.000000501. The van der Waals surface area contributed by atoms with Gasteiger partial charge in [-0.25, -0.2) is 4.98 Å². The quantitative estimate of drug-likeness (QED) is 0.0430. The maximum atomic E-state index is 12.9. The number of ether oxygens (including phenoxy) is 3. The number of amides is 4. The van der Waals surface area contributed by atoms with Crippen molar-refractivity contribution < 1.29 is 43.3 Å². The minimum atomic E-state index is -0.484. The molecule has 4 aromatic carbocycles. The zero-order chi connectivity index (χ0) is 60.0. The summed E-state index contributed by atoms with van der Waals surface area (Å²) in [5, 5.41) is 19.3. The first-order valence-corrected chi connectivity index (χ1v) is 30.4. The highest BCUT2D eigenvalue weighted by atomic mass is 35.5. The van der Waals surface area contributed by atoms with E-state index < -0.39 is 6.10 Å². The van der Waals surface area contributed by atoms with Crippen LogP contribution in [0.2, 0.25) is 5.02 Å². The van der Waals surface area contributed by atoms with E-state index in [-0.39, 0.29) is 48.9 Å². The lowest BCUT2D eigenvalue weighted by atomic mass is 9.88. The Morgan fingerprint density at radius 2 is 1.44 bits per heavy atom. The van der Waals surface area contributed by atoms with Gasteiger partial charge in [-0.3, -0.25) is 19.2 Å². The van der Waals surface area contributed by atoms with Crippen LogP contribution in [0.25, 0.3) is 21.6 Å². The van der Waals surface area contributed by atoms with Crippen LogP contribution >= 0.6 is 22.9 Å². The first-order valence-electron chi connectivity index (χ1n) is 29.2. The molecular formula is C65H91ClN6O9S. The predicted molar refractivity (Wildman–Crippen MR) is 333 cm³/mol. The molecule has 5 unspecified atom stereocenters. The number of likely N-dealkylation sites (tertiary alicyclic amines) is 1. The number of nitrogens with one attached hydrogen (secondary N) is 3. The molecule has 3 heterocycles. The van der Waals surface area contributed by atoms with Gasteiger partial charge in [0, 0.05) is 67.8 Å². The van der Waals surface area contributed by atoms with Gasteiger partial charge in [-0.15, -0.1) is 11.3 Å². The molecular weight excluding hydrogens is 1080 g/mol. The number of fused-ring (bicyclic) bond motifs is 1. The molecule has 0 radical (unpaired) electrons. The third kappa shape index (κ3) is 23.3. The Morgan fingerprint density at radius 1 is 0.817 bits per heavy atom. The summed E-state index contributed by atoms with van der Waals surface area (Å²) in [4.78, 5) is 66.4. The Bertz CT molecular complexity index is 2670. The number of thiazole rings is 1. The standard InChI is InChI=1S/C44H56ClN5O8.C14H17NS.C4H10.C2H6.CH2O/c1-29-23-40(48-37-10-8-36(45)9-11-37)39-25-33(7-12-41(39)50(29)30(2)51)31-3-5-32(6-4-31)44(55)46-16-20-56-18-14-34-24-35(34)15-19-57-21-22-58-28-42(53)47-26-43(54)49-17-13-38(52)27-49;1-3-4-5-12-6-8-13(9-7-12)14-11(2)15-10-16-14;1-4(2)3;2*1-2/h3-12,25,29,34-35,38,40,48,52H,13-24,26-28H2,1-2H3,(H,46,55)(H,47,53);6-10H,3-5H2,1-2H3;4H,1-3H3;1-2H3;1H2. The molecule has 17 heteroatoms. The molecule has 5 aromatic rings. The van der Waals surface area contributed by atoms with Crippen LogP contribution in [-0.4, -0.2) is 123 Å². The number of halogens is 1. The van der Waals surface area contributed by atoms with Crippen molar-refractivity contribution in [2.45, 2.75) is 132 Å². The summed E-state index contributed by atoms with van der Waals surface area (Å²) in [6, 6.07) is 30.3. The summed E-state index contributed by atoms with van der Waals surface area (Å²) in [6.07, 6.45) is 7.68. The lowest BCUT2D eigenvalue weighted by Gasteiger charge is -2.39. The molecule has 1 saturated heterocycles. The number of β-amino-alcohol motifs (C(OH)–C–C–N with tert-alkyl or cyclic N) is 1. The van der Waals surface area contributed by atoms with Crippen molar-refractivity contribution in [3.8, 4) is 21.6 Å². The average molecular weight is 1170 g/mol. The largest absolute Gasteiger partial charge is 0.391 e. The van der Waals surface area contributed by atoms with Crippen molar-refractivity contribution in [2.75, 3.05) is 76.0 Å². The van der Waals surface area contributed by atoms with Gasteiger partial charge in [0.1, 0.15) is 13.4 Å². The second kappa shape index (κ2) is 37.2. The SMILES string of the molecule is C=O.CC.CC(=O)N1c2ccc(-c3ccc(C(=O)NCCOCCC4CC4CCOCCOCC(=O)NCC(=O)N4CCC(O)C4)cc3)cc2C(Nc2ccc(Cl)cc2)CC1C.CC(C)C.CCCCc1ccc(-c2scnc2C)cc1. The molecule has 0 spiro atoms. The second-order valence-corrected chi connectivity index (χ2v) is 22.5. The van der Waals surface area contributed by atoms with Gasteiger partial charge in [-0.2, -0.15) is 0 Å². The molecule has 82 heavy (non-hydrogen) atoms. The van der Waals surface area contributed by atoms with Gasteiger partial charge < -0.3 is 49.9 Å². The average Bonchev–Trinajstić information content (AvgIpc) is 3.81. The summed E-state index contributed by atoms with van der Waals surface area (Å²) in [6.45, 7) is 23.9. The Kier molecular flexibility index (Phi) is 31.1. The number of nitrogens with zero attached hydrogens (tertiary/aromatic N) is 3. The molecule has 8 rings (SSSR count). The van der Waals surface area contributed by atoms with E-state index in [1.807, 2.05) is 91.7 Å². The molecule has 2 aliphatic heterocycles. The van der Waals surface area contributed by atoms with Crippen LogP contribution in [0.5, 0.6) is 0 Å². The van der Waals surface area contributed by atoms with Gasteiger partial charge in [-0.05, 0) is 153 Å². The van der Waals surface area contributed by atoms with Gasteiger partial charge in [0.15, 0.2) is 0 Å². The lowest BCUT2D eigenvalue weighted by Crippen LogP contribution is -2.43. The number of aliphatic hydroxyl groups is 1. The highest BCUT2D eigenvalue weighted by Gasteiger charge is 2.36. The van der Waals surface area contributed by atoms with E-state index in [0.29, 0.717) is 81.5 Å². The zero-order valence-electron chi connectivity index (χ0n) is 50.0. The number of anilines is 2. The molecule has 1 aliphatic carbocycles. The van der Waals surface area contributed by atoms with Crippen LogP contribution in [0.15, 0.2) is 96.5 Å².